The number of aromatic nitrogens is 2. The molecule has 0 fully saturated rings. The molecule has 4 aromatic rings. The first-order chi connectivity index (χ1) is 17.1. The lowest BCUT2D eigenvalue weighted by atomic mass is 10.2. The molecule has 0 aliphatic rings. The molecular formula is C27H25N5O2S. The summed E-state index contributed by atoms with van der Waals surface area (Å²) in [5, 5.41) is 13.0. The molecule has 0 spiro atoms. The van der Waals surface area contributed by atoms with E-state index in [1.807, 2.05) is 31.3 Å². The van der Waals surface area contributed by atoms with Gasteiger partial charge < -0.3 is 10.2 Å². The summed E-state index contributed by atoms with van der Waals surface area (Å²) in [6, 6.07) is 26.1. The molecule has 176 valence electrons. The Bertz CT molecular complexity index is 1410. The molecule has 0 aliphatic carbocycles. The van der Waals surface area contributed by atoms with Gasteiger partial charge in [-0.15, -0.1) is 0 Å². The number of hydrogen-bond donors (Lipinski definition) is 1. The minimum absolute atomic E-state index is 0.119. The summed E-state index contributed by atoms with van der Waals surface area (Å²) in [7, 11) is 2.03. The topological polar surface area (TPSA) is 91.0 Å². The normalized spacial score (nSPS) is 10.6. The van der Waals surface area contributed by atoms with Crippen LogP contribution in [0.1, 0.15) is 12.0 Å². The van der Waals surface area contributed by atoms with Gasteiger partial charge in [-0.25, -0.2) is 4.98 Å². The number of thioether (sulfide) groups is 1. The zero-order chi connectivity index (χ0) is 24.6. The first-order valence-electron chi connectivity index (χ1n) is 11.2. The molecular weight excluding hydrogens is 458 g/mol. The van der Waals surface area contributed by atoms with Crippen molar-refractivity contribution in [2.24, 2.45) is 0 Å². The molecule has 1 amide bonds. The highest BCUT2D eigenvalue weighted by atomic mass is 32.2. The van der Waals surface area contributed by atoms with Crippen molar-refractivity contribution in [1.29, 1.82) is 5.26 Å². The lowest BCUT2D eigenvalue weighted by Gasteiger charge is -2.19. The first kappa shape index (κ1) is 24.0. The van der Waals surface area contributed by atoms with Gasteiger partial charge in [-0.3, -0.25) is 14.2 Å². The fourth-order valence-electron chi connectivity index (χ4n) is 3.66. The number of hydrogen-bond acceptors (Lipinski definition) is 6. The number of amides is 1. The molecule has 0 atom stereocenters. The third-order valence-electron chi connectivity index (χ3n) is 5.52. The van der Waals surface area contributed by atoms with Crippen LogP contribution >= 0.6 is 11.8 Å². The van der Waals surface area contributed by atoms with Crippen molar-refractivity contribution < 1.29 is 4.79 Å². The maximum atomic E-state index is 13.3. The molecule has 1 heterocycles. The van der Waals surface area contributed by atoms with E-state index >= 15 is 0 Å². The fraction of sp³-hybridized carbons (Fsp3) is 0.185. The molecule has 0 saturated carbocycles. The predicted molar refractivity (Wildman–Crippen MR) is 140 cm³/mol. The summed E-state index contributed by atoms with van der Waals surface area (Å²) in [6.07, 6.45) is 0.811. The molecule has 0 aliphatic heterocycles. The third kappa shape index (κ3) is 5.89. The van der Waals surface area contributed by atoms with E-state index in [1.54, 1.807) is 42.5 Å². The maximum absolute atomic E-state index is 13.3. The van der Waals surface area contributed by atoms with Crippen LogP contribution in [0.3, 0.4) is 0 Å². The Balaban J connectivity index is 1.43. The van der Waals surface area contributed by atoms with Gasteiger partial charge in [0.2, 0.25) is 5.91 Å². The van der Waals surface area contributed by atoms with E-state index in [1.165, 1.54) is 16.3 Å². The van der Waals surface area contributed by atoms with E-state index < -0.39 is 0 Å². The van der Waals surface area contributed by atoms with Gasteiger partial charge in [-0.05, 0) is 55.0 Å². The molecule has 1 aromatic heterocycles. The molecule has 4 rings (SSSR count). The predicted octanol–water partition coefficient (Wildman–Crippen LogP) is 3.99. The van der Waals surface area contributed by atoms with E-state index in [0.29, 0.717) is 33.9 Å². The van der Waals surface area contributed by atoms with E-state index in [-0.39, 0.29) is 17.2 Å². The van der Waals surface area contributed by atoms with Gasteiger partial charge >= 0.3 is 0 Å². The van der Waals surface area contributed by atoms with Crippen molar-refractivity contribution in [1.82, 2.24) is 14.9 Å². The lowest BCUT2D eigenvalue weighted by molar-refractivity contribution is -0.118. The van der Waals surface area contributed by atoms with E-state index in [0.717, 1.165) is 18.7 Å². The number of rotatable bonds is 9. The van der Waals surface area contributed by atoms with Crippen molar-refractivity contribution >= 4 is 34.3 Å². The molecule has 0 saturated heterocycles. The number of para-hydroxylation sites is 2. The summed E-state index contributed by atoms with van der Waals surface area (Å²) in [4.78, 5) is 32.6. The average Bonchev–Trinajstić information content (AvgIpc) is 2.90. The number of nitrogens with one attached hydrogen (secondary N) is 1. The lowest BCUT2D eigenvalue weighted by Crippen LogP contribution is -2.29. The van der Waals surface area contributed by atoms with Crippen molar-refractivity contribution in [3.63, 3.8) is 0 Å². The van der Waals surface area contributed by atoms with E-state index in [2.05, 4.69) is 33.4 Å². The van der Waals surface area contributed by atoms with Crippen molar-refractivity contribution in [3.05, 3.63) is 94.8 Å². The number of carbonyl (C=O) groups is 1. The SMILES string of the molecule is CN(CCCNC(=O)CSc1nc2ccccc2c(=O)n1-c1ccc(C#N)cc1)c1ccccc1. The Morgan fingerprint density at radius 3 is 2.51 bits per heavy atom. The van der Waals surface area contributed by atoms with Gasteiger partial charge in [0.15, 0.2) is 5.16 Å². The van der Waals surface area contributed by atoms with Crippen LogP contribution in [-0.2, 0) is 4.79 Å². The smallest absolute Gasteiger partial charge is 0.266 e. The standard InChI is InChI=1S/C27H25N5O2S/c1-31(21-8-3-2-4-9-21)17-7-16-29-25(33)19-35-27-30-24-11-6-5-10-23(24)26(34)32(27)22-14-12-20(18-28)13-15-22/h2-6,8-15H,7,16-17,19H2,1H3,(H,29,33). The highest BCUT2D eigenvalue weighted by Crippen LogP contribution is 2.21. The zero-order valence-corrected chi connectivity index (χ0v) is 20.2. The second-order valence-electron chi connectivity index (χ2n) is 7.96. The number of fused-ring (bicyclic) bond motifs is 1. The molecule has 0 bridgehead atoms. The number of anilines is 1. The molecule has 3 aromatic carbocycles. The average molecular weight is 484 g/mol. The summed E-state index contributed by atoms with van der Waals surface area (Å²) < 4.78 is 1.50. The van der Waals surface area contributed by atoms with Crippen molar-refractivity contribution in [2.75, 3.05) is 30.8 Å². The van der Waals surface area contributed by atoms with Crippen LogP contribution in [0.4, 0.5) is 5.69 Å². The van der Waals surface area contributed by atoms with Crippen LogP contribution in [0, 0.1) is 11.3 Å². The molecule has 35 heavy (non-hydrogen) atoms. The van der Waals surface area contributed by atoms with Crippen LogP contribution in [0.25, 0.3) is 16.6 Å². The molecule has 0 unspecified atom stereocenters. The number of carbonyl (C=O) groups excluding carboxylic acids is 1. The largest absolute Gasteiger partial charge is 0.375 e. The Hall–Kier alpha value is -4.09. The van der Waals surface area contributed by atoms with Crippen LogP contribution in [-0.4, -0.2) is 41.3 Å². The van der Waals surface area contributed by atoms with Gasteiger partial charge in [0.05, 0.1) is 34.0 Å². The van der Waals surface area contributed by atoms with Crippen LogP contribution < -0.4 is 15.8 Å². The van der Waals surface area contributed by atoms with Gasteiger partial charge in [0.25, 0.3) is 5.56 Å². The number of nitrogens with zero attached hydrogens (tertiary/aromatic N) is 4. The summed E-state index contributed by atoms with van der Waals surface area (Å²) in [5.74, 6) is 0.0152. The van der Waals surface area contributed by atoms with Crippen molar-refractivity contribution in [2.45, 2.75) is 11.6 Å². The monoisotopic (exact) mass is 483 g/mol. The van der Waals surface area contributed by atoms with Gasteiger partial charge in [0, 0.05) is 25.8 Å². The molecule has 0 radical (unpaired) electrons. The minimum atomic E-state index is -0.216. The number of benzene rings is 3. The Labute approximate surface area is 208 Å². The summed E-state index contributed by atoms with van der Waals surface area (Å²) in [6.45, 7) is 1.38. The quantitative estimate of drug-likeness (QED) is 0.220. The first-order valence-corrected chi connectivity index (χ1v) is 12.2. The Morgan fingerprint density at radius 1 is 1.06 bits per heavy atom. The van der Waals surface area contributed by atoms with Gasteiger partial charge in [-0.1, -0.05) is 42.1 Å². The number of nitriles is 1. The van der Waals surface area contributed by atoms with Crippen molar-refractivity contribution in [3.8, 4) is 11.8 Å². The summed E-state index contributed by atoms with van der Waals surface area (Å²) >= 11 is 1.21. The van der Waals surface area contributed by atoms with Gasteiger partial charge in [-0.2, -0.15) is 5.26 Å². The minimum Gasteiger partial charge on any atom is -0.375 e. The van der Waals surface area contributed by atoms with E-state index in [4.69, 9.17) is 5.26 Å². The highest BCUT2D eigenvalue weighted by Gasteiger charge is 2.15. The van der Waals surface area contributed by atoms with Crippen LogP contribution in [0.5, 0.6) is 0 Å². The van der Waals surface area contributed by atoms with Gasteiger partial charge in [0.1, 0.15) is 0 Å². The Morgan fingerprint density at radius 2 is 1.77 bits per heavy atom. The summed E-state index contributed by atoms with van der Waals surface area (Å²) in [5.41, 5.74) is 2.60. The molecule has 7 nitrogen and oxygen atoms in total. The molecule has 8 heteroatoms. The second kappa shape index (κ2) is 11.4. The highest BCUT2D eigenvalue weighted by molar-refractivity contribution is 7.99. The van der Waals surface area contributed by atoms with Crippen LogP contribution in [0.15, 0.2) is 88.8 Å². The molecule has 1 N–H and O–H groups in total. The Kier molecular flexibility index (Phi) is 7.81. The second-order valence-corrected chi connectivity index (χ2v) is 8.90. The zero-order valence-electron chi connectivity index (χ0n) is 19.3. The van der Waals surface area contributed by atoms with Crippen LogP contribution in [0.2, 0.25) is 0 Å². The third-order valence-corrected chi connectivity index (χ3v) is 6.46. The van der Waals surface area contributed by atoms with E-state index in [9.17, 15) is 9.59 Å². The fourth-order valence-corrected chi connectivity index (χ4v) is 4.50. The maximum Gasteiger partial charge on any atom is 0.266 e.